The highest BCUT2D eigenvalue weighted by molar-refractivity contribution is 5.85. The molecule has 2 aromatic rings. The molecule has 20 heavy (non-hydrogen) atoms. The number of nitrogens with zero attached hydrogens (tertiary/aromatic N) is 1. The van der Waals surface area contributed by atoms with Crippen molar-refractivity contribution >= 4 is 10.8 Å². The van der Waals surface area contributed by atoms with E-state index in [1.54, 1.807) is 0 Å². The van der Waals surface area contributed by atoms with Crippen LogP contribution in [-0.2, 0) is 6.54 Å². The van der Waals surface area contributed by atoms with Crippen molar-refractivity contribution in [3.63, 3.8) is 0 Å². The summed E-state index contributed by atoms with van der Waals surface area (Å²) in [4.78, 5) is 2.65. The second kappa shape index (κ2) is 5.19. The molecule has 4 rings (SSSR count). The average Bonchev–Trinajstić information content (AvgIpc) is 2.95. The van der Waals surface area contributed by atoms with E-state index in [1.165, 1.54) is 48.9 Å². The van der Waals surface area contributed by atoms with Gasteiger partial charge in [-0.05, 0) is 54.2 Å². The fraction of sp³-hybridized carbons (Fsp3) is 0.444. The van der Waals surface area contributed by atoms with Crippen LogP contribution in [0.3, 0.4) is 0 Å². The maximum Gasteiger partial charge on any atom is 0.0240 e. The van der Waals surface area contributed by atoms with Crippen LogP contribution in [0, 0.1) is 11.8 Å². The van der Waals surface area contributed by atoms with Gasteiger partial charge in [-0.15, -0.1) is 0 Å². The van der Waals surface area contributed by atoms with Gasteiger partial charge in [-0.3, -0.25) is 4.90 Å². The molecule has 2 unspecified atom stereocenters. The Kier molecular flexibility index (Phi) is 3.21. The summed E-state index contributed by atoms with van der Waals surface area (Å²) in [5, 5.41) is 6.33. The molecule has 2 nitrogen and oxygen atoms in total. The van der Waals surface area contributed by atoms with Crippen molar-refractivity contribution in [3.8, 4) is 0 Å². The molecule has 2 aliphatic heterocycles. The number of piperidine rings is 1. The van der Waals surface area contributed by atoms with Crippen LogP contribution < -0.4 is 5.32 Å². The molecular formula is C18H22N2. The first-order valence-electron chi connectivity index (χ1n) is 7.80. The maximum atomic E-state index is 3.55. The van der Waals surface area contributed by atoms with Gasteiger partial charge >= 0.3 is 0 Å². The number of benzene rings is 2. The normalized spacial score (nSPS) is 26.8. The SMILES string of the molecule is c1ccc2c(CN3CCC4CNCC4C3)cccc2c1. The molecule has 1 N–H and O–H groups in total. The Morgan fingerprint density at radius 1 is 1.00 bits per heavy atom. The molecule has 0 spiro atoms. The van der Waals surface area contributed by atoms with Gasteiger partial charge in [0, 0.05) is 13.1 Å². The first-order valence-corrected chi connectivity index (χ1v) is 7.80. The van der Waals surface area contributed by atoms with Gasteiger partial charge in [-0.1, -0.05) is 42.5 Å². The van der Waals surface area contributed by atoms with Gasteiger partial charge in [0.25, 0.3) is 0 Å². The minimum Gasteiger partial charge on any atom is -0.316 e. The summed E-state index contributed by atoms with van der Waals surface area (Å²) >= 11 is 0. The lowest BCUT2D eigenvalue weighted by atomic mass is 9.88. The summed E-state index contributed by atoms with van der Waals surface area (Å²) in [5.41, 5.74) is 1.48. The van der Waals surface area contributed by atoms with Gasteiger partial charge in [0.15, 0.2) is 0 Å². The van der Waals surface area contributed by atoms with E-state index in [-0.39, 0.29) is 0 Å². The molecular weight excluding hydrogens is 244 g/mol. The Morgan fingerprint density at radius 3 is 2.85 bits per heavy atom. The molecule has 0 aliphatic carbocycles. The summed E-state index contributed by atoms with van der Waals surface area (Å²) in [6.45, 7) is 6.08. The highest BCUT2D eigenvalue weighted by Crippen LogP contribution is 2.28. The predicted molar refractivity (Wildman–Crippen MR) is 83.7 cm³/mol. The van der Waals surface area contributed by atoms with Crippen LogP contribution in [0.1, 0.15) is 12.0 Å². The smallest absolute Gasteiger partial charge is 0.0240 e. The van der Waals surface area contributed by atoms with Crippen molar-refractivity contribution in [3.05, 3.63) is 48.0 Å². The Labute approximate surface area is 120 Å². The largest absolute Gasteiger partial charge is 0.316 e. The van der Waals surface area contributed by atoms with E-state index in [2.05, 4.69) is 52.7 Å². The minimum atomic E-state index is 0.874. The molecule has 0 radical (unpaired) electrons. The summed E-state index contributed by atoms with van der Waals surface area (Å²) in [7, 11) is 0. The molecule has 2 aliphatic rings. The first-order chi connectivity index (χ1) is 9.90. The summed E-state index contributed by atoms with van der Waals surface area (Å²) in [6, 6.07) is 15.5. The minimum absolute atomic E-state index is 0.874. The summed E-state index contributed by atoms with van der Waals surface area (Å²) in [6.07, 6.45) is 1.36. The molecule has 0 amide bonds. The van der Waals surface area contributed by atoms with Gasteiger partial charge in [-0.2, -0.15) is 0 Å². The van der Waals surface area contributed by atoms with Crippen LogP contribution in [0.15, 0.2) is 42.5 Å². The Bertz CT molecular complexity index is 602. The Hall–Kier alpha value is -1.38. The lowest BCUT2D eigenvalue weighted by Gasteiger charge is -2.34. The van der Waals surface area contributed by atoms with Gasteiger partial charge in [0.1, 0.15) is 0 Å². The molecule has 2 heteroatoms. The van der Waals surface area contributed by atoms with E-state index in [1.807, 2.05) is 0 Å². The molecule has 2 heterocycles. The molecule has 0 aromatic heterocycles. The van der Waals surface area contributed by atoms with Crippen molar-refractivity contribution in [2.45, 2.75) is 13.0 Å². The number of fused-ring (bicyclic) bond motifs is 2. The van der Waals surface area contributed by atoms with Crippen LogP contribution in [0.5, 0.6) is 0 Å². The van der Waals surface area contributed by atoms with E-state index in [9.17, 15) is 0 Å². The number of likely N-dealkylation sites (tertiary alicyclic amines) is 1. The number of nitrogens with one attached hydrogen (secondary N) is 1. The number of hydrogen-bond donors (Lipinski definition) is 1. The lowest BCUT2D eigenvalue weighted by Crippen LogP contribution is -2.39. The van der Waals surface area contributed by atoms with Crippen LogP contribution >= 0.6 is 0 Å². The van der Waals surface area contributed by atoms with E-state index < -0.39 is 0 Å². The van der Waals surface area contributed by atoms with Crippen molar-refractivity contribution in [2.24, 2.45) is 11.8 Å². The monoisotopic (exact) mass is 266 g/mol. The number of hydrogen-bond acceptors (Lipinski definition) is 2. The van der Waals surface area contributed by atoms with Gasteiger partial charge < -0.3 is 5.32 Å². The van der Waals surface area contributed by atoms with Crippen LogP contribution in [0.2, 0.25) is 0 Å². The first kappa shape index (κ1) is 12.4. The van der Waals surface area contributed by atoms with Crippen LogP contribution in [0.25, 0.3) is 10.8 Å². The molecule has 2 aromatic carbocycles. The zero-order chi connectivity index (χ0) is 13.4. The summed E-state index contributed by atoms with van der Waals surface area (Å²) < 4.78 is 0. The van der Waals surface area contributed by atoms with Crippen molar-refractivity contribution in [2.75, 3.05) is 26.2 Å². The highest BCUT2D eigenvalue weighted by atomic mass is 15.1. The molecule has 104 valence electrons. The lowest BCUT2D eigenvalue weighted by molar-refractivity contribution is 0.142. The molecule has 0 saturated carbocycles. The fourth-order valence-corrected chi connectivity index (χ4v) is 3.93. The third-order valence-corrected chi connectivity index (χ3v) is 5.06. The van der Waals surface area contributed by atoms with E-state index in [4.69, 9.17) is 0 Å². The standard InChI is InChI=1S/C18H22N2/c1-2-7-18-14(4-1)5-3-6-16(18)12-20-9-8-15-10-19-11-17(15)13-20/h1-7,15,17,19H,8-13H2. The molecule has 0 bridgehead atoms. The Morgan fingerprint density at radius 2 is 1.85 bits per heavy atom. The zero-order valence-corrected chi connectivity index (χ0v) is 11.9. The topological polar surface area (TPSA) is 15.3 Å². The Balaban J connectivity index is 1.56. The van der Waals surface area contributed by atoms with E-state index >= 15 is 0 Å². The van der Waals surface area contributed by atoms with Crippen molar-refractivity contribution < 1.29 is 0 Å². The van der Waals surface area contributed by atoms with Crippen molar-refractivity contribution in [1.82, 2.24) is 10.2 Å². The molecule has 2 atom stereocenters. The second-order valence-electron chi connectivity index (χ2n) is 6.34. The van der Waals surface area contributed by atoms with Gasteiger partial charge in [0.05, 0.1) is 0 Å². The predicted octanol–water partition coefficient (Wildman–Crippen LogP) is 2.88. The third kappa shape index (κ3) is 2.23. The van der Waals surface area contributed by atoms with E-state index in [0.717, 1.165) is 18.4 Å². The van der Waals surface area contributed by atoms with Crippen molar-refractivity contribution in [1.29, 1.82) is 0 Å². The third-order valence-electron chi connectivity index (χ3n) is 5.06. The van der Waals surface area contributed by atoms with E-state index in [0.29, 0.717) is 0 Å². The average molecular weight is 266 g/mol. The van der Waals surface area contributed by atoms with Crippen LogP contribution in [-0.4, -0.2) is 31.1 Å². The number of rotatable bonds is 2. The quantitative estimate of drug-likeness (QED) is 0.899. The maximum absolute atomic E-state index is 3.55. The van der Waals surface area contributed by atoms with Gasteiger partial charge in [0.2, 0.25) is 0 Å². The molecule has 2 saturated heterocycles. The zero-order valence-electron chi connectivity index (χ0n) is 11.9. The second-order valence-corrected chi connectivity index (χ2v) is 6.34. The highest BCUT2D eigenvalue weighted by Gasteiger charge is 2.32. The fourth-order valence-electron chi connectivity index (χ4n) is 3.93. The molecule has 2 fully saturated rings. The van der Waals surface area contributed by atoms with Gasteiger partial charge in [-0.25, -0.2) is 0 Å². The summed E-state index contributed by atoms with van der Waals surface area (Å²) in [5.74, 6) is 1.80. The van der Waals surface area contributed by atoms with Crippen LogP contribution in [0.4, 0.5) is 0 Å².